The number of aromatic nitrogens is 6. The van der Waals surface area contributed by atoms with Crippen molar-refractivity contribution in [2.75, 3.05) is 0 Å². The molecule has 1 aromatic carbocycles. The van der Waals surface area contributed by atoms with Crippen LogP contribution in [0.3, 0.4) is 0 Å². The van der Waals surface area contributed by atoms with E-state index in [9.17, 15) is 0 Å². The van der Waals surface area contributed by atoms with Crippen molar-refractivity contribution in [3.8, 4) is 11.1 Å². The maximum atomic E-state index is 4.45. The van der Waals surface area contributed by atoms with E-state index in [1.165, 1.54) is 11.8 Å². The number of tetrazole rings is 1. The molecule has 0 N–H and O–H groups in total. The molecule has 9 heteroatoms. The van der Waals surface area contributed by atoms with Crippen LogP contribution in [0.25, 0.3) is 21.3 Å². The Labute approximate surface area is 148 Å². The van der Waals surface area contributed by atoms with E-state index in [-0.39, 0.29) is 0 Å². The molecule has 0 saturated heterocycles. The smallest absolute Gasteiger partial charge is 0.215 e. The Morgan fingerprint density at radius 3 is 2.83 bits per heavy atom. The minimum atomic E-state index is 0.689. The number of halogens is 1. The molecule has 114 valence electrons. The van der Waals surface area contributed by atoms with Crippen molar-refractivity contribution in [1.82, 2.24) is 30.2 Å². The van der Waals surface area contributed by atoms with Gasteiger partial charge in [0.05, 0.1) is 5.39 Å². The summed E-state index contributed by atoms with van der Waals surface area (Å²) in [5.74, 6) is 0. The number of thiophene rings is 1. The van der Waals surface area contributed by atoms with Crippen LogP contribution in [0.2, 0.25) is 0 Å². The summed E-state index contributed by atoms with van der Waals surface area (Å²) in [5, 5.41) is 16.2. The molecule has 0 aliphatic rings. The minimum absolute atomic E-state index is 0.689. The van der Waals surface area contributed by atoms with Gasteiger partial charge in [0, 0.05) is 22.5 Å². The van der Waals surface area contributed by atoms with Crippen LogP contribution in [0.5, 0.6) is 0 Å². The Balaban J connectivity index is 1.91. The molecule has 0 spiro atoms. The zero-order chi connectivity index (χ0) is 15.8. The van der Waals surface area contributed by atoms with Gasteiger partial charge in [-0.2, -0.15) is 0 Å². The highest BCUT2D eigenvalue weighted by molar-refractivity contribution is 9.10. The first kappa shape index (κ1) is 14.7. The van der Waals surface area contributed by atoms with Gasteiger partial charge in [0.15, 0.2) is 0 Å². The van der Waals surface area contributed by atoms with Gasteiger partial charge in [-0.3, -0.25) is 0 Å². The van der Waals surface area contributed by atoms with Crippen molar-refractivity contribution >= 4 is 49.2 Å². The molecule has 0 radical (unpaired) electrons. The first-order valence-corrected chi connectivity index (χ1v) is 9.10. The molecular formula is C14H9BrN6S2. The summed E-state index contributed by atoms with van der Waals surface area (Å²) < 4.78 is 2.67. The van der Waals surface area contributed by atoms with Gasteiger partial charge in [-0.25, -0.2) is 14.6 Å². The van der Waals surface area contributed by atoms with Crippen LogP contribution in [-0.4, -0.2) is 30.2 Å². The fraction of sp³-hybridized carbons (Fsp3) is 0.0714. The minimum Gasteiger partial charge on any atom is -0.229 e. The van der Waals surface area contributed by atoms with Gasteiger partial charge in [0.25, 0.3) is 0 Å². The lowest BCUT2D eigenvalue weighted by atomic mass is 10.1. The number of hydrogen-bond donors (Lipinski definition) is 0. The highest BCUT2D eigenvalue weighted by atomic mass is 79.9. The Hall–Kier alpha value is -1.84. The number of fused-ring (bicyclic) bond motifs is 1. The normalized spacial score (nSPS) is 11.2. The van der Waals surface area contributed by atoms with E-state index in [0.717, 1.165) is 30.8 Å². The molecular weight excluding hydrogens is 396 g/mol. The first-order valence-electron chi connectivity index (χ1n) is 6.61. The molecule has 0 aliphatic heterocycles. The summed E-state index contributed by atoms with van der Waals surface area (Å²) in [5.41, 5.74) is 2.22. The SMILES string of the molecule is Cn1nnnc1Sc1ncnc2scc(-c3ccccc3Br)c12. The second-order valence-electron chi connectivity index (χ2n) is 4.68. The summed E-state index contributed by atoms with van der Waals surface area (Å²) in [6.45, 7) is 0. The monoisotopic (exact) mass is 404 g/mol. The summed E-state index contributed by atoms with van der Waals surface area (Å²) in [6, 6.07) is 8.13. The van der Waals surface area contributed by atoms with Crippen LogP contribution >= 0.6 is 39.0 Å². The summed E-state index contributed by atoms with van der Waals surface area (Å²) in [6.07, 6.45) is 1.58. The fourth-order valence-corrected chi connectivity index (χ4v) is 4.49. The van der Waals surface area contributed by atoms with E-state index in [2.05, 4.69) is 52.9 Å². The summed E-state index contributed by atoms with van der Waals surface area (Å²) in [7, 11) is 1.81. The number of aryl methyl sites for hydroxylation is 1. The zero-order valence-corrected chi connectivity index (χ0v) is 15.1. The molecule has 23 heavy (non-hydrogen) atoms. The molecule has 0 atom stereocenters. The van der Waals surface area contributed by atoms with Crippen LogP contribution in [0.15, 0.2) is 50.6 Å². The van der Waals surface area contributed by atoms with E-state index in [0.29, 0.717) is 5.16 Å². The molecule has 0 saturated carbocycles. The van der Waals surface area contributed by atoms with E-state index >= 15 is 0 Å². The molecule has 4 aromatic rings. The maximum Gasteiger partial charge on any atom is 0.215 e. The standard InChI is InChI=1S/C14H9BrN6S2/c1-21-14(18-19-20-21)23-13-11-9(6-22-12(11)16-7-17-13)8-4-2-3-5-10(8)15/h2-7H,1H3. The van der Waals surface area contributed by atoms with Crippen molar-refractivity contribution in [1.29, 1.82) is 0 Å². The molecule has 3 heterocycles. The Bertz CT molecular complexity index is 996. The van der Waals surface area contributed by atoms with Crippen LogP contribution in [0, 0.1) is 0 Å². The lowest BCUT2D eigenvalue weighted by Gasteiger charge is -2.06. The number of hydrogen-bond acceptors (Lipinski definition) is 7. The molecule has 0 aliphatic carbocycles. The van der Waals surface area contributed by atoms with Gasteiger partial charge < -0.3 is 0 Å². The second kappa shape index (κ2) is 5.99. The predicted molar refractivity (Wildman–Crippen MR) is 93.5 cm³/mol. The van der Waals surface area contributed by atoms with Gasteiger partial charge in [-0.15, -0.1) is 16.4 Å². The lowest BCUT2D eigenvalue weighted by Crippen LogP contribution is -1.94. The van der Waals surface area contributed by atoms with Gasteiger partial charge in [0.1, 0.15) is 16.2 Å². The Morgan fingerprint density at radius 2 is 2.04 bits per heavy atom. The van der Waals surface area contributed by atoms with Gasteiger partial charge >= 0.3 is 0 Å². The van der Waals surface area contributed by atoms with Gasteiger partial charge in [-0.1, -0.05) is 34.1 Å². The largest absolute Gasteiger partial charge is 0.229 e. The number of rotatable bonds is 3. The summed E-state index contributed by atoms with van der Waals surface area (Å²) in [4.78, 5) is 9.78. The van der Waals surface area contributed by atoms with Crippen molar-refractivity contribution in [2.45, 2.75) is 10.2 Å². The van der Waals surface area contributed by atoms with Crippen LogP contribution in [0.4, 0.5) is 0 Å². The summed E-state index contributed by atoms with van der Waals surface area (Å²) >= 11 is 6.66. The topological polar surface area (TPSA) is 69.4 Å². The Morgan fingerprint density at radius 1 is 1.17 bits per heavy atom. The van der Waals surface area contributed by atoms with Gasteiger partial charge in [0.2, 0.25) is 5.16 Å². The van der Waals surface area contributed by atoms with E-state index in [1.807, 2.05) is 25.2 Å². The molecule has 4 rings (SSSR count). The third-order valence-corrected chi connectivity index (χ3v) is 5.88. The molecule has 3 aromatic heterocycles. The van der Waals surface area contributed by atoms with Crippen molar-refractivity contribution < 1.29 is 0 Å². The second-order valence-corrected chi connectivity index (χ2v) is 7.34. The molecule has 0 amide bonds. The van der Waals surface area contributed by atoms with Gasteiger partial charge in [-0.05, 0) is 33.8 Å². The van der Waals surface area contributed by atoms with Crippen molar-refractivity contribution in [3.05, 3.63) is 40.4 Å². The first-order chi connectivity index (χ1) is 11.2. The van der Waals surface area contributed by atoms with Crippen LogP contribution in [0.1, 0.15) is 0 Å². The average Bonchev–Trinajstić information content (AvgIpc) is 3.15. The van der Waals surface area contributed by atoms with E-state index in [1.54, 1.807) is 22.3 Å². The highest BCUT2D eigenvalue weighted by Gasteiger charge is 2.17. The fourth-order valence-electron chi connectivity index (χ4n) is 2.20. The molecule has 6 nitrogen and oxygen atoms in total. The van der Waals surface area contributed by atoms with Crippen molar-refractivity contribution in [2.24, 2.45) is 7.05 Å². The molecule has 0 bridgehead atoms. The van der Waals surface area contributed by atoms with Crippen LogP contribution < -0.4 is 0 Å². The van der Waals surface area contributed by atoms with E-state index < -0.39 is 0 Å². The maximum absolute atomic E-state index is 4.45. The molecule has 0 unspecified atom stereocenters. The Kier molecular flexibility index (Phi) is 3.83. The predicted octanol–water partition coefficient (Wildman–Crippen LogP) is 3.80. The highest BCUT2D eigenvalue weighted by Crippen LogP contribution is 2.41. The van der Waals surface area contributed by atoms with Crippen molar-refractivity contribution in [3.63, 3.8) is 0 Å². The zero-order valence-electron chi connectivity index (χ0n) is 11.8. The lowest BCUT2D eigenvalue weighted by molar-refractivity contribution is 0.664. The average molecular weight is 405 g/mol. The quantitative estimate of drug-likeness (QED) is 0.483. The third-order valence-electron chi connectivity index (χ3n) is 3.27. The number of nitrogens with zero attached hydrogens (tertiary/aromatic N) is 6. The third kappa shape index (κ3) is 2.64. The number of benzene rings is 1. The van der Waals surface area contributed by atoms with E-state index in [4.69, 9.17) is 0 Å². The molecule has 0 fully saturated rings. The van der Waals surface area contributed by atoms with Crippen LogP contribution in [-0.2, 0) is 7.05 Å².